The lowest BCUT2D eigenvalue weighted by Crippen LogP contribution is -2.49. The van der Waals surface area contributed by atoms with Gasteiger partial charge in [-0.3, -0.25) is 9.69 Å². The minimum Gasteiger partial charge on any atom is -0.381 e. The molecule has 2 fully saturated rings. The fourth-order valence-electron chi connectivity index (χ4n) is 4.82. The lowest BCUT2D eigenvalue weighted by Gasteiger charge is -2.36. The van der Waals surface area contributed by atoms with E-state index in [1.165, 1.54) is 17.7 Å². The summed E-state index contributed by atoms with van der Waals surface area (Å²) >= 11 is 0. The molecule has 0 saturated carbocycles. The van der Waals surface area contributed by atoms with Crippen molar-refractivity contribution in [3.8, 4) is 0 Å². The number of carbonyl (C=O) groups is 1. The van der Waals surface area contributed by atoms with E-state index >= 15 is 0 Å². The summed E-state index contributed by atoms with van der Waals surface area (Å²) in [5.41, 5.74) is 1.63. The first-order chi connectivity index (χ1) is 15.7. The molecule has 2 heterocycles. The van der Waals surface area contributed by atoms with Crippen molar-refractivity contribution in [3.05, 3.63) is 71.5 Å². The average Bonchev–Trinajstić information content (AvgIpc) is 2.84. The van der Waals surface area contributed by atoms with Crippen molar-refractivity contribution in [2.75, 3.05) is 52.5 Å². The van der Waals surface area contributed by atoms with Crippen molar-refractivity contribution < 1.29 is 13.9 Å². The molecule has 172 valence electrons. The second-order valence-electron chi connectivity index (χ2n) is 8.91. The van der Waals surface area contributed by atoms with Crippen molar-refractivity contribution in [2.24, 2.45) is 0 Å². The molecule has 2 aliphatic heterocycles. The first-order valence-electron chi connectivity index (χ1n) is 11.8. The number of halogens is 1. The summed E-state index contributed by atoms with van der Waals surface area (Å²) in [6, 6.07) is 17.0. The molecule has 0 aromatic heterocycles. The smallest absolute Gasteiger partial charge is 0.230 e. The third-order valence-corrected chi connectivity index (χ3v) is 6.83. The molecule has 0 unspecified atom stereocenters. The molecule has 2 aromatic carbocycles. The Morgan fingerprint density at radius 1 is 0.938 bits per heavy atom. The molecule has 5 nitrogen and oxygen atoms in total. The summed E-state index contributed by atoms with van der Waals surface area (Å²) in [5, 5.41) is 3.16. The van der Waals surface area contributed by atoms with Crippen LogP contribution >= 0.6 is 0 Å². The van der Waals surface area contributed by atoms with Gasteiger partial charge in [0.25, 0.3) is 0 Å². The highest BCUT2D eigenvalue weighted by Crippen LogP contribution is 2.35. The monoisotopic (exact) mass is 439 g/mol. The Morgan fingerprint density at radius 2 is 1.59 bits per heavy atom. The summed E-state index contributed by atoms with van der Waals surface area (Å²) in [7, 11) is 0. The maximum Gasteiger partial charge on any atom is 0.230 e. The number of nitrogens with zero attached hydrogens (tertiary/aromatic N) is 2. The van der Waals surface area contributed by atoms with Crippen molar-refractivity contribution >= 4 is 5.91 Å². The Morgan fingerprint density at radius 3 is 2.28 bits per heavy atom. The van der Waals surface area contributed by atoms with E-state index in [-0.39, 0.29) is 11.7 Å². The molecule has 1 N–H and O–H groups in total. The summed E-state index contributed by atoms with van der Waals surface area (Å²) in [4.78, 5) is 18.2. The summed E-state index contributed by atoms with van der Waals surface area (Å²) in [5.74, 6) is -0.236. The molecule has 2 aliphatic rings. The zero-order valence-corrected chi connectivity index (χ0v) is 18.8. The molecular formula is C26H34FN3O2. The molecular weight excluding hydrogens is 405 g/mol. The maximum absolute atomic E-state index is 13.4. The fourth-order valence-corrected chi connectivity index (χ4v) is 4.82. The van der Waals surface area contributed by atoms with Crippen LogP contribution in [0.15, 0.2) is 54.6 Å². The molecule has 2 saturated heterocycles. The van der Waals surface area contributed by atoms with Gasteiger partial charge in [0, 0.05) is 52.5 Å². The van der Waals surface area contributed by atoms with E-state index in [4.69, 9.17) is 4.74 Å². The van der Waals surface area contributed by atoms with Crippen LogP contribution in [0.4, 0.5) is 4.39 Å². The minimum absolute atomic E-state index is 0.0417. The molecule has 4 rings (SSSR count). The third-order valence-electron chi connectivity index (χ3n) is 6.83. The maximum atomic E-state index is 13.4. The van der Waals surface area contributed by atoms with Gasteiger partial charge >= 0.3 is 0 Å². The normalized spacial score (nSPS) is 19.5. The van der Waals surface area contributed by atoms with Crippen LogP contribution in [0.2, 0.25) is 0 Å². The van der Waals surface area contributed by atoms with Crippen LogP contribution < -0.4 is 5.32 Å². The standard InChI is InChI=1S/C26H34FN3O2/c27-24-9-7-23(8-10-24)26(11-19-32-20-12-26)25(31)28-13-4-14-29-15-17-30(18-16-29)21-22-5-2-1-3-6-22/h1-3,5-10H,4,11-21H2,(H,28,31). The predicted octanol–water partition coefficient (Wildman–Crippen LogP) is 3.20. The van der Waals surface area contributed by atoms with Gasteiger partial charge in [-0.15, -0.1) is 0 Å². The SMILES string of the molecule is O=C(NCCCN1CCN(Cc2ccccc2)CC1)C1(c2ccc(F)cc2)CCOCC1. The number of benzene rings is 2. The van der Waals surface area contributed by atoms with E-state index in [9.17, 15) is 9.18 Å². The van der Waals surface area contributed by atoms with Crippen LogP contribution in [-0.4, -0.2) is 68.2 Å². The van der Waals surface area contributed by atoms with E-state index in [2.05, 4.69) is 45.4 Å². The summed E-state index contributed by atoms with van der Waals surface area (Å²) < 4.78 is 18.9. The quantitative estimate of drug-likeness (QED) is 0.642. The lowest BCUT2D eigenvalue weighted by molar-refractivity contribution is -0.130. The number of hydrogen-bond acceptors (Lipinski definition) is 4. The van der Waals surface area contributed by atoms with Crippen LogP contribution in [0.25, 0.3) is 0 Å². The number of ether oxygens (including phenoxy) is 1. The Labute approximate surface area is 190 Å². The average molecular weight is 440 g/mol. The van der Waals surface area contributed by atoms with Gasteiger partial charge in [-0.2, -0.15) is 0 Å². The predicted molar refractivity (Wildman–Crippen MR) is 124 cm³/mol. The topological polar surface area (TPSA) is 44.8 Å². The van der Waals surface area contributed by atoms with Crippen LogP contribution in [0, 0.1) is 5.82 Å². The van der Waals surface area contributed by atoms with Gasteiger partial charge in [0.05, 0.1) is 5.41 Å². The van der Waals surface area contributed by atoms with Crippen molar-refractivity contribution in [3.63, 3.8) is 0 Å². The highest BCUT2D eigenvalue weighted by Gasteiger charge is 2.41. The van der Waals surface area contributed by atoms with Crippen molar-refractivity contribution in [1.29, 1.82) is 0 Å². The van der Waals surface area contributed by atoms with E-state index in [0.717, 1.165) is 51.3 Å². The van der Waals surface area contributed by atoms with E-state index < -0.39 is 5.41 Å². The third kappa shape index (κ3) is 5.74. The molecule has 0 bridgehead atoms. The van der Waals surface area contributed by atoms with E-state index in [1.54, 1.807) is 12.1 Å². The molecule has 2 aromatic rings. The van der Waals surface area contributed by atoms with Gasteiger partial charge in [-0.25, -0.2) is 4.39 Å². The van der Waals surface area contributed by atoms with Crippen LogP contribution in [0.3, 0.4) is 0 Å². The zero-order valence-electron chi connectivity index (χ0n) is 18.8. The molecule has 6 heteroatoms. The van der Waals surface area contributed by atoms with Crippen molar-refractivity contribution in [1.82, 2.24) is 15.1 Å². The number of carbonyl (C=O) groups excluding carboxylic acids is 1. The second kappa shape index (κ2) is 11.0. The second-order valence-corrected chi connectivity index (χ2v) is 8.91. The molecule has 0 radical (unpaired) electrons. The Bertz CT molecular complexity index is 845. The highest BCUT2D eigenvalue weighted by atomic mass is 19.1. The molecule has 0 spiro atoms. The summed E-state index contributed by atoms with van der Waals surface area (Å²) in [6.07, 6.45) is 2.20. The Kier molecular flexibility index (Phi) is 7.90. The number of nitrogens with one attached hydrogen (secondary N) is 1. The van der Waals surface area contributed by atoms with Crippen LogP contribution in [-0.2, 0) is 21.5 Å². The largest absolute Gasteiger partial charge is 0.381 e. The van der Waals surface area contributed by atoms with Gasteiger partial charge in [-0.05, 0) is 49.1 Å². The summed E-state index contributed by atoms with van der Waals surface area (Å²) in [6.45, 7) is 8.06. The van der Waals surface area contributed by atoms with Gasteiger partial charge in [0.2, 0.25) is 5.91 Å². The molecule has 1 amide bonds. The van der Waals surface area contributed by atoms with E-state index in [0.29, 0.717) is 32.6 Å². The molecule has 0 atom stereocenters. The first-order valence-corrected chi connectivity index (χ1v) is 11.8. The number of amides is 1. The minimum atomic E-state index is -0.616. The van der Waals surface area contributed by atoms with E-state index in [1.807, 2.05) is 0 Å². The van der Waals surface area contributed by atoms with Gasteiger partial charge in [-0.1, -0.05) is 42.5 Å². The van der Waals surface area contributed by atoms with Crippen molar-refractivity contribution in [2.45, 2.75) is 31.2 Å². The van der Waals surface area contributed by atoms with Gasteiger partial charge in [0.15, 0.2) is 0 Å². The molecule has 32 heavy (non-hydrogen) atoms. The number of piperazine rings is 1. The van der Waals surface area contributed by atoms with Gasteiger partial charge in [0.1, 0.15) is 5.82 Å². The Hall–Kier alpha value is -2.28. The lowest BCUT2D eigenvalue weighted by atomic mass is 9.73. The number of hydrogen-bond donors (Lipinski definition) is 1. The fraction of sp³-hybridized carbons (Fsp3) is 0.500. The highest BCUT2D eigenvalue weighted by molar-refractivity contribution is 5.88. The first kappa shape index (κ1) is 22.9. The van der Waals surface area contributed by atoms with Crippen LogP contribution in [0.5, 0.6) is 0 Å². The molecule has 0 aliphatic carbocycles. The zero-order chi connectivity index (χ0) is 22.2. The number of rotatable bonds is 8. The Balaban J connectivity index is 1.21. The van der Waals surface area contributed by atoms with Gasteiger partial charge < -0.3 is 15.0 Å². The van der Waals surface area contributed by atoms with Crippen LogP contribution in [0.1, 0.15) is 30.4 Å².